The number of carbonyl (C=O) groups is 1. The lowest BCUT2D eigenvalue weighted by Gasteiger charge is -2.24. The number of amides is 1. The van der Waals surface area contributed by atoms with Gasteiger partial charge in [-0.05, 0) is 38.1 Å². The van der Waals surface area contributed by atoms with Crippen LogP contribution in [0.1, 0.15) is 13.8 Å². The Labute approximate surface area is 151 Å². The summed E-state index contributed by atoms with van der Waals surface area (Å²) in [6.45, 7) is 4.51. The first-order chi connectivity index (χ1) is 12.2. The van der Waals surface area contributed by atoms with Crippen LogP contribution in [0.25, 0.3) is 5.69 Å². The monoisotopic (exact) mass is 352 g/mol. The summed E-state index contributed by atoms with van der Waals surface area (Å²) in [5.74, 6) is 0.0568. The van der Waals surface area contributed by atoms with E-state index < -0.39 is 0 Å². The van der Waals surface area contributed by atoms with Gasteiger partial charge in [-0.25, -0.2) is 0 Å². The van der Waals surface area contributed by atoms with Crippen molar-refractivity contribution in [3.05, 3.63) is 67.0 Å². The minimum atomic E-state index is -0.271. The Morgan fingerprint density at radius 1 is 1.12 bits per heavy atom. The summed E-state index contributed by atoms with van der Waals surface area (Å²) in [4.78, 5) is 14.7. The molecule has 0 radical (unpaired) electrons. The third-order valence-corrected chi connectivity index (χ3v) is 4.88. The van der Waals surface area contributed by atoms with Crippen molar-refractivity contribution in [3.8, 4) is 5.69 Å². The van der Waals surface area contributed by atoms with E-state index in [9.17, 15) is 4.79 Å². The van der Waals surface area contributed by atoms with Crippen molar-refractivity contribution in [2.75, 3.05) is 11.4 Å². The highest BCUT2D eigenvalue weighted by molar-refractivity contribution is 8.00. The molecule has 3 aromatic rings. The van der Waals surface area contributed by atoms with Crippen LogP contribution in [0.3, 0.4) is 0 Å². The third kappa shape index (κ3) is 3.91. The van der Waals surface area contributed by atoms with Crippen molar-refractivity contribution in [2.24, 2.45) is 0 Å². The average Bonchev–Trinajstić information content (AvgIpc) is 3.12. The van der Waals surface area contributed by atoms with Gasteiger partial charge in [-0.3, -0.25) is 9.36 Å². The maximum absolute atomic E-state index is 12.9. The number of hydrogen-bond acceptors (Lipinski definition) is 4. The number of carbonyl (C=O) groups excluding carboxylic acids is 1. The lowest BCUT2D eigenvalue weighted by molar-refractivity contribution is -0.117. The van der Waals surface area contributed by atoms with Gasteiger partial charge < -0.3 is 4.90 Å². The van der Waals surface area contributed by atoms with Crippen LogP contribution in [0, 0.1) is 0 Å². The minimum absolute atomic E-state index is 0.0568. The van der Waals surface area contributed by atoms with E-state index in [0.717, 1.165) is 11.4 Å². The van der Waals surface area contributed by atoms with Crippen molar-refractivity contribution in [3.63, 3.8) is 0 Å². The second kappa shape index (κ2) is 7.98. The van der Waals surface area contributed by atoms with Gasteiger partial charge in [0.1, 0.15) is 6.33 Å². The second-order valence-corrected chi connectivity index (χ2v) is 6.81. The van der Waals surface area contributed by atoms with Gasteiger partial charge in [0.15, 0.2) is 5.16 Å². The Bertz CT molecular complexity index is 820. The Balaban J connectivity index is 1.77. The molecule has 0 saturated carbocycles. The summed E-state index contributed by atoms with van der Waals surface area (Å²) < 4.78 is 1.90. The van der Waals surface area contributed by atoms with E-state index in [-0.39, 0.29) is 11.2 Å². The molecule has 1 unspecified atom stereocenters. The maximum Gasteiger partial charge on any atom is 0.240 e. The summed E-state index contributed by atoms with van der Waals surface area (Å²) >= 11 is 1.42. The summed E-state index contributed by atoms with van der Waals surface area (Å²) in [7, 11) is 0. The van der Waals surface area contributed by atoms with Crippen LogP contribution in [-0.2, 0) is 4.79 Å². The fourth-order valence-electron chi connectivity index (χ4n) is 2.57. The largest absolute Gasteiger partial charge is 0.312 e. The number of para-hydroxylation sites is 2. The van der Waals surface area contributed by atoms with E-state index in [1.54, 1.807) is 11.2 Å². The van der Waals surface area contributed by atoms with Gasteiger partial charge >= 0.3 is 0 Å². The molecular weight excluding hydrogens is 332 g/mol. The van der Waals surface area contributed by atoms with E-state index in [2.05, 4.69) is 10.2 Å². The molecule has 0 aliphatic heterocycles. The van der Waals surface area contributed by atoms with Crippen LogP contribution in [0.4, 0.5) is 5.69 Å². The van der Waals surface area contributed by atoms with Crippen LogP contribution >= 0.6 is 11.8 Å². The first-order valence-corrected chi connectivity index (χ1v) is 9.07. The van der Waals surface area contributed by atoms with Crippen molar-refractivity contribution in [1.82, 2.24) is 14.8 Å². The van der Waals surface area contributed by atoms with Crippen LogP contribution < -0.4 is 4.90 Å². The van der Waals surface area contributed by atoms with E-state index in [0.29, 0.717) is 11.7 Å². The third-order valence-electron chi connectivity index (χ3n) is 3.83. The molecule has 25 heavy (non-hydrogen) atoms. The normalized spacial score (nSPS) is 11.9. The fraction of sp³-hybridized carbons (Fsp3) is 0.211. The molecule has 3 rings (SSSR count). The SMILES string of the molecule is CCN(C(=O)C(C)Sc1nncn1-c1ccccc1)c1ccccc1. The Hall–Kier alpha value is -2.60. The molecule has 0 aliphatic carbocycles. The Morgan fingerprint density at radius 3 is 2.40 bits per heavy atom. The quantitative estimate of drug-likeness (QED) is 0.633. The van der Waals surface area contributed by atoms with E-state index in [1.807, 2.05) is 79.1 Å². The first kappa shape index (κ1) is 17.2. The zero-order valence-corrected chi connectivity index (χ0v) is 15.1. The van der Waals surface area contributed by atoms with E-state index in [4.69, 9.17) is 0 Å². The van der Waals surface area contributed by atoms with Gasteiger partial charge in [-0.1, -0.05) is 48.2 Å². The molecule has 128 valence electrons. The van der Waals surface area contributed by atoms with Gasteiger partial charge in [-0.15, -0.1) is 10.2 Å². The van der Waals surface area contributed by atoms with Gasteiger partial charge in [0, 0.05) is 17.9 Å². The zero-order valence-electron chi connectivity index (χ0n) is 14.2. The fourth-order valence-corrected chi connectivity index (χ4v) is 3.48. The Morgan fingerprint density at radius 2 is 1.76 bits per heavy atom. The standard InChI is InChI=1S/C19H20N4OS/c1-3-22(16-10-6-4-7-11-16)18(24)15(2)25-19-21-20-14-23(19)17-12-8-5-9-13-17/h4-15H,3H2,1-2H3. The molecular formula is C19H20N4OS. The lowest BCUT2D eigenvalue weighted by atomic mass is 10.2. The van der Waals surface area contributed by atoms with Crippen molar-refractivity contribution >= 4 is 23.4 Å². The molecule has 0 saturated heterocycles. The molecule has 5 nitrogen and oxygen atoms in total. The molecule has 0 N–H and O–H groups in total. The number of hydrogen-bond donors (Lipinski definition) is 0. The number of rotatable bonds is 6. The summed E-state index contributed by atoms with van der Waals surface area (Å²) in [5.41, 5.74) is 1.89. The van der Waals surface area contributed by atoms with Gasteiger partial charge in [0.25, 0.3) is 0 Å². The molecule has 1 atom stereocenters. The van der Waals surface area contributed by atoms with Crippen molar-refractivity contribution in [1.29, 1.82) is 0 Å². The molecule has 0 bridgehead atoms. The average molecular weight is 352 g/mol. The predicted octanol–water partition coefficient (Wildman–Crippen LogP) is 3.80. The smallest absolute Gasteiger partial charge is 0.240 e. The summed E-state index contributed by atoms with van der Waals surface area (Å²) in [6.07, 6.45) is 1.67. The number of nitrogens with zero attached hydrogens (tertiary/aromatic N) is 4. The molecule has 0 spiro atoms. The van der Waals surface area contributed by atoms with Gasteiger partial charge in [-0.2, -0.15) is 0 Å². The second-order valence-electron chi connectivity index (χ2n) is 5.50. The summed E-state index contributed by atoms with van der Waals surface area (Å²) in [6, 6.07) is 19.6. The number of benzene rings is 2. The van der Waals surface area contributed by atoms with Gasteiger partial charge in [0.2, 0.25) is 5.91 Å². The number of thioether (sulfide) groups is 1. The zero-order chi connectivity index (χ0) is 17.6. The number of aromatic nitrogens is 3. The van der Waals surface area contributed by atoms with Gasteiger partial charge in [0.05, 0.1) is 5.25 Å². The van der Waals surface area contributed by atoms with Crippen molar-refractivity contribution in [2.45, 2.75) is 24.3 Å². The summed E-state index contributed by atoms with van der Waals surface area (Å²) in [5, 5.41) is 8.61. The van der Waals surface area contributed by atoms with Crippen LogP contribution in [0.5, 0.6) is 0 Å². The molecule has 0 fully saturated rings. The molecule has 1 aromatic heterocycles. The van der Waals surface area contributed by atoms with Crippen LogP contribution in [0.15, 0.2) is 72.1 Å². The van der Waals surface area contributed by atoms with Crippen LogP contribution in [0.2, 0.25) is 0 Å². The Kier molecular flexibility index (Phi) is 5.50. The molecule has 2 aromatic carbocycles. The molecule has 0 aliphatic rings. The lowest BCUT2D eigenvalue weighted by Crippen LogP contribution is -2.36. The number of anilines is 1. The topological polar surface area (TPSA) is 51.0 Å². The molecule has 6 heteroatoms. The highest BCUT2D eigenvalue weighted by Gasteiger charge is 2.23. The van der Waals surface area contributed by atoms with E-state index >= 15 is 0 Å². The molecule has 1 amide bonds. The predicted molar refractivity (Wildman–Crippen MR) is 101 cm³/mol. The highest BCUT2D eigenvalue weighted by atomic mass is 32.2. The van der Waals surface area contributed by atoms with Crippen molar-refractivity contribution < 1.29 is 4.79 Å². The van der Waals surface area contributed by atoms with Crippen LogP contribution in [-0.4, -0.2) is 32.5 Å². The molecule has 1 heterocycles. The first-order valence-electron chi connectivity index (χ1n) is 8.19. The highest BCUT2D eigenvalue weighted by Crippen LogP contribution is 2.26. The maximum atomic E-state index is 12.9. The minimum Gasteiger partial charge on any atom is -0.312 e. The van der Waals surface area contributed by atoms with E-state index in [1.165, 1.54) is 11.8 Å².